The van der Waals surface area contributed by atoms with E-state index in [1.807, 2.05) is 12.1 Å². The van der Waals surface area contributed by atoms with E-state index in [0.717, 1.165) is 11.5 Å². The van der Waals surface area contributed by atoms with Crippen LogP contribution in [0.4, 0.5) is 5.69 Å². The fraction of sp³-hybridized carbons (Fsp3) is 0.267. The summed E-state index contributed by atoms with van der Waals surface area (Å²) in [4.78, 5) is 9.82. The van der Waals surface area contributed by atoms with E-state index in [1.54, 1.807) is 28.5 Å². The van der Waals surface area contributed by atoms with Gasteiger partial charge in [-0.05, 0) is 42.3 Å². The van der Waals surface area contributed by atoms with E-state index in [0.29, 0.717) is 12.0 Å². The van der Waals surface area contributed by atoms with Gasteiger partial charge in [0.05, 0.1) is 11.7 Å². The van der Waals surface area contributed by atoms with Crippen LogP contribution in [-0.2, 0) is 0 Å². The van der Waals surface area contributed by atoms with Gasteiger partial charge in [-0.3, -0.25) is 0 Å². The first-order valence-corrected chi connectivity index (χ1v) is 7.90. The predicted molar refractivity (Wildman–Crippen MR) is 82.6 cm³/mol. The normalized spacial score (nSPS) is 15.8. The molecule has 6 heteroatoms. The highest BCUT2D eigenvalue weighted by atomic mass is 32.1. The smallest absolute Gasteiger partial charge is 0.178 e. The largest absolute Gasteiger partial charge is 0.374 e. The van der Waals surface area contributed by atoms with Gasteiger partial charge in [0.2, 0.25) is 0 Å². The van der Waals surface area contributed by atoms with Crippen LogP contribution >= 0.6 is 11.3 Å². The van der Waals surface area contributed by atoms with Crippen LogP contribution in [-0.4, -0.2) is 19.7 Å². The van der Waals surface area contributed by atoms with Crippen molar-refractivity contribution in [1.29, 1.82) is 0 Å². The van der Waals surface area contributed by atoms with E-state index in [2.05, 4.69) is 37.9 Å². The zero-order chi connectivity index (χ0) is 14.1. The number of anilines is 1. The summed E-state index contributed by atoms with van der Waals surface area (Å²) in [6, 6.07) is 8.66. The summed E-state index contributed by atoms with van der Waals surface area (Å²) in [6.07, 6.45) is 7.54. The van der Waals surface area contributed by atoms with Gasteiger partial charge in [0.15, 0.2) is 5.82 Å². The number of thiophene rings is 1. The lowest BCUT2D eigenvalue weighted by Crippen LogP contribution is -2.14. The highest BCUT2D eigenvalue weighted by molar-refractivity contribution is 7.10. The second-order valence-electron chi connectivity index (χ2n) is 5.19. The van der Waals surface area contributed by atoms with Gasteiger partial charge in [-0.1, -0.05) is 6.07 Å². The lowest BCUT2D eigenvalue weighted by molar-refractivity contribution is 0.688. The van der Waals surface area contributed by atoms with Crippen LogP contribution in [0, 0.1) is 5.92 Å². The van der Waals surface area contributed by atoms with E-state index >= 15 is 0 Å². The molecule has 0 saturated heterocycles. The molecule has 1 fully saturated rings. The van der Waals surface area contributed by atoms with Crippen molar-refractivity contribution in [2.45, 2.75) is 18.9 Å². The van der Waals surface area contributed by atoms with Crippen molar-refractivity contribution in [2.75, 3.05) is 5.32 Å². The van der Waals surface area contributed by atoms with Crippen LogP contribution in [0.25, 0.3) is 5.82 Å². The minimum absolute atomic E-state index is 0.358. The van der Waals surface area contributed by atoms with Gasteiger partial charge < -0.3 is 5.32 Å². The lowest BCUT2D eigenvalue weighted by Gasteiger charge is -2.19. The Morgan fingerprint density at radius 3 is 2.95 bits per heavy atom. The van der Waals surface area contributed by atoms with Crippen molar-refractivity contribution in [3.8, 4) is 5.82 Å². The lowest BCUT2D eigenvalue weighted by atomic mass is 10.1. The summed E-state index contributed by atoms with van der Waals surface area (Å²) in [5.41, 5.74) is 0.994. The Labute approximate surface area is 126 Å². The Morgan fingerprint density at radius 2 is 2.24 bits per heavy atom. The Morgan fingerprint density at radius 1 is 1.29 bits per heavy atom. The summed E-state index contributed by atoms with van der Waals surface area (Å²) >= 11 is 1.80. The van der Waals surface area contributed by atoms with E-state index in [4.69, 9.17) is 0 Å². The van der Waals surface area contributed by atoms with Crippen LogP contribution in [0.3, 0.4) is 0 Å². The summed E-state index contributed by atoms with van der Waals surface area (Å²) in [5, 5.41) is 9.98. The number of hydrogen-bond donors (Lipinski definition) is 1. The zero-order valence-electron chi connectivity index (χ0n) is 11.4. The SMILES string of the molecule is c1csc(C(Nc2cccnc2-n2cncn2)C2CC2)c1. The summed E-state index contributed by atoms with van der Waals surface area (Å²) in [5.74, 6) is 1.50. The Bertz CT molecular complexity index is 704. The van der Waals surface area contributed by atoms with E-state index in [9.17, 15) is 0 Å². The zero-order valence-corrected chi connectivity index (χ0v) is 12.2. The molecule has 4 rings (SSSR count). The molecule has 0 radical (unpaired) electrons. The quantitative estimate of drug-likeness (QED) is 0.785. The molecule has 0 amide bonds. The van der Waals surface area contributed by atoms with Crippen LogP contribution in [0.2, 0.25) is 0 Å². The summed E-state index contributed by atoms with van der Waals surface area (Å²) in [6.45, 7) is 0. The summed E-state index contributed by atoms with van der Waals surface area (Å²) in [7, 11) is 0. The number of aromatic nitrogens is 4. The Kier molecular flexibility index (Phi) is 3.16. The molecule has 5 nitrogen and oxygen atoms in total. The average Bonchev–Trinajstić information content (AvgIpc) is 3.01. The molecule has 0 spiro atoms. The van der Waals surface area contributed by atoms with Gasteiger partial charge in [-0.2, -0.15) is 5.10 Å². The number of pyridine rings is 1. The fourth-order valence-electron chi connectivity index (χ4n) is 2.50. The first-order valence-electron chi connectivity index (χ1n) is 7.02. The first-order chi connectivity index (χ1) is 10.4. The van der Waals surface area contributed by atoms with Gasteiger partial charge in [0, 0.05) is 11.1 Å². The number of nitrogens with zero attached hydrogens (tertiary/aromatic N) is 4. The molecule has 1 N–H and O–H groups in total. The van der Waals surface area contributed by atoms with E-state index in [1.165, 1.54) is 24.0 Å². The standard InChI is InChI=1S/C15H15N5S/c1-3-12(15(17-7-1)20-10-16-9-18-20)19-14(11-5-6-11)13-4-2-8-21-13/h1-4,7-11,14,19H,5-6H2. The maximum absolute atomic E-state index is 4.44. The fourth-order valence-corrected chi connectivity index (χ4v) is 3.37. The van der Waals surface area contributed by atoms with Crippen LogP contribution in [0.5, 0.6) is 0 Å². The highest BCUT2D eigenvalue weighted by Crippen LogP contribution is 2.44. The number of hydrogen-bond acceptors (Lipinski definition) is 5. The molecule has 0 aromatic carbocycles. The minimum Gasteiger partial charge on any atom is -0.374 e. The Hall–Kier alpha value is -2.21. The van der Waals surface area contributed by atoms with Gasteiger partial charge in [-0.25, -0.2) is 14.6 Å². The second-order valence-corrected chi connectivity index (χ2v) is 6.17. The molecule has 0 bridgehead atoms. The van der Waals surface area contributed by atoms with Gasteiger partial charge in [-0.15, -0.1) is 11.3 Å². The molecule has 1 unspecified atom stereocenters. The minimum atomic E-state index is 0.358. The van der Waals surface area contributed by atoms with E-state index in [-0.39, 0.29) is 0 Å². The van der Waals surface area contributed by atoms with Crippen LogP contribution in [0.15, 0.2) is 48.5 Å². The average molecular weight is 297 g/mol. The van der Waals surface area contributed by atoms with Gasteiger partial charge in [0.1, 0.15) is 12.7 Å². The molecule has 106 valence electrons. The van der Waals surface area contributed by atoms with Crippen molar-refractivity contribution in [2.24, 2.45) is 5.92 Å². The van der Waals surface area contributed by atoms with E-state index < -0.39 is 0 Å². The van der Waals surface area contributed by atoms with Gasteiger partial charge >= 0.3 is 0 Å². The molecule has 1 saturated carbocycles. The van der Waals surface area contributed by atoms with Crippen molar-refractivity contribution in [3.05, 3.63) is 53.4 Å². The maximum atomic E-state index is 4.44. The first kappa shape index (κ1) is 12.5. The third-order valence-electron chi connectivity index (χ3n) is 3.68. The molecule has 21 heavy (non-hydrogen) atoms. The number of nitrogens with one attached hydrogen (secondary N) is 1. The topological polar surface area (TPSA) is 55.6 Å². The summed E-state index contributed by atoms with van der Waals surface area (Å²) < 4.78 is 1.70. The van der Waals surface area contributed by atoms with Gasteiger partial charge in [0.25, 0.3) is 0 Å². The second kappa shape index (κ2) is 5.29. The molecular formula is C15H15N5S. The molecule has 0 aliphatic heterocycles. The number of rotatable bonds is 5. The van der Waals surface area contributed by atoms with Crippen molar-refractivity contribution < 1.29 is 0 Å². The molecular weight excluding hydrogens is 282 g/mol. The Balaban J connectivity index is 1.67. The monoisotopic (exact) mass is 297 g/mol. The molecule has 3 heterocycles. The van der Waals surface area contributed by atoms with Crippen LogP contribution < -0.4 is 5.32 Å². The maximum Gasteiger partial charge on any atom is 0.178 e. The molecule has 3 aromatic heterocycles. The molecule has 1 aliphatic carbocycles. The van der Waals surface area contributed by atoms with Crippen LogP contribution in [0.1, 0.15) is 23.8 Å². The molecule has 1 aliphatic rings. The highest BCUT2D eigenvalue weighted by Gasteiger charge is 2.33. The van der Waals surface area contributed by atoms with Crippen molar-refractivity contribution >= 4 is 17.0 Å². The molecule has 1 atom stereocenters. The third kappa shape index (κ3) is 2.54. The van der Waals surface area contributed by atoms with Crippen molar-refractivity contribution in [3.63, 3.8) is 0 Å². The predicted octanol–water partition coefficient (Wildman–Crippen LogP) is 3.29. The third-order valence-corrected chi connectivity index (χ3v) is 4.63. The molecule has 3 aromatic rings. The van der Waals surface area contributed by atoms with Crippen molar-refractivity contribution in [1.82, 2.24) is 19.7 Å².